The van der Waals surface area contributed by atoms with Gasteiger partial charge in [-0.2, -0.15) is 0 Å². The third-order valence-corrected chi connectivity index (χ3v) is 7.43. The molecule has 0 saturated carbocycles. The smallest absolute Gasteiger partial charge is 0.348 e. The summed E-state index contributed by atoms with van der Waals surface area (Å²) in [5.41, 5.74) is 0.770. The molecule has 1 aromatic carbocycles. The predicted molar refractivity (Wildman–Crippen MR) is 102 cm³/mol. The van der Waals surface area contributed by atoms with E-state index in [-0.39, 0.29) is 24.1 Å². The SMILES string of the molecule is O=C(O)c1sc(-c2ccccc2)cc1NS(=O)(=O)c1cc(Cl)sc1Cl. The van der Waals surface area contributed by atoms with Gasteiger partial charge >= 0.3 is 5.97 Å². The van der Waals surface area contributed by atoms with Gasteiger partial charge in [-0.3, -0.25) is 4.72 Å². The Kier molecular flexibility index (Phi) is 5.08. The molecule has 10 heteroatoms. The first kappa shape index (κ1) is 18.2. The van der Waals surface area contributed by atoms with Gasteiger partial charge in [0.1, 0.15) is 14.1 Å². The van der Waals surface area contributed by atoms with Crippen LogP contribution < -0.4 is 4.72 Å². The maximum atomic E-state index is 12.5. The molecule has 0 fully saturated rings. The Labute approximate surface area is 161 Å². The number of anilines is 1. The molecule has 0 radical (unpaired) electrons. The number of sulfonamides is 1. The van der Waals surface area contributed by atoms with E-state index in [0.29, 0.717) is 4.88 Å². The number of benzene rings is 1. The molecule has 0 saturated heterocycles. The molecule has 0 atom stereocenters. The van der Waals surface area contributed by atoms with Crippen molar-refractivity contribution in [3.63, 3.8) is 0 Å². The second kappa shape index (κ2) is 6.97. The Balaban J connectivity index is 2.03. The molecule has 0 aliphatic carbocycles. The molecular weight excluding hydrogens is 425 g/mol. The molecule has 0 aliphatic heterocycles. The van der Waals surface area contributed by atoms with Gasteiger partial charge < -0.3 is 5.11 Å². The third-order valence-electron chi connectivity index (χ3n) is 3.14. The van der Waals surface area contributed by atoms with E-state index < -0.39 is 16.0 Å². The molecule has 0 amide bonds. The number of rotatable bonds is 5. The Morgan fingerprint density at radius 3 is 2.32 bits per heavy atom. The average molecular weight is 434 g/mol. The van der Waals surface area contributed by atoms with Crippen LogP contribution in [0.4, 0.5) is 5.69 Å². The zero-order chi connectivity index (χ0) is 18.2. The van der Waals surface area contributed by atoms with Crippen LogP contribution in [0.2, 0.25) is 8.67 Å². The van der Waals surface area contributed by atoms with Gasteiger partial charge in [0.25, 0.3) is 10.0 Å². The number of halogens is 2. The Morgan fingerprint density at radius 1 is 1.08 bits per heavy atom. The molecule has 3 aromatic rings. The summed E-state index contributed by atoms with van der Waals surface area (Å²) < 4.78 is 27.6. The number of carbonyl (C=O) groups is 1. The molecule has 3 rings (SSSR count). The van der Waals surface area contributed by atoms with Gasteiger partial charge in [-0.15, -0.1) is 22.7 Å². The van der Waals surface area contributed by atoms with E-state index in [1.54, 1.807) is 0 Å². The maximum absolute atomic E-state index is 12.5. The van der Waals surface area contributed by atoms with Crippen molar-refractivity contribution in [1.82, 2.24) is 0 Å². The van der Waals surface area contributed by atoms with Crippen molar-refractivity contribution in [2.24, 2.45) is 0 Å². The quantitative estimate of drug-likeness (QED) is 0.572. The lowest BCUT2D eigenvalue weighted by Gasteiger charge is -2.06. The van der Waals surface area contributed by atoms with Crippen LogP contribution >= 0.6 is 45.9 Å². The van der Waals surface area contributed by atoms with Crippen molar-refractivity contribution in [3.8, 4) is 10.4 Å². The van der Waals surface area contributed by atoms with E-state index in [1.165, 1.54) is 12.1 Å². The topological polar surface area (TPSA) is 83.5 Å². The van der Waals surface area contributed by atoms with Crippen LogP contribution in [0.15, 0.2) is 47.4 Å². The summed E-state index contributed by atoms with van der Waals surface area (Å²) in [6.45, 7) is 0. The molecule has 2 aromatic heterocycles. The zero-order valence-electron chi connectivity index (χ0n) is 12.2. The van der Waals surface area contributed by atoms with Crippen molar-refractivity contribution in [3.05, 3.63) is 56.0 Å². The molecule has 5 nitrogen and oxygen atoms in total. The Bertz CT molecular complexity index is 1040. The fraction of sp³-hybridized carbons (Fsp3) is 0. The summed E-state index contributed by atoms with van der Waals surface area (Å²) in [7, 11) is -4.06. The van der Waals surface area contributed by atoms with Gasteiger partial charge in [0, 0.05) is 4.88 Å². The Hall–Kier alpha value is -1.58. The highest BCUT2D eigenvalue weighted by molar-refractivity contribution is 7.93. The van der Waals surface area contributed by atoms with E-state index in [0.717, 1.165) is 28.2 Å². The first-order valence-corrected chi connectivity index (χ1v) is 10.6. The molecule has 0 unspecified atom stereocenters. The van der Waals surface area contributed by atoms with Gasteiger partial charge in [-0.05, 0) is 17.7 Å². The van der Waals surface area contributed by atoms with E-state index in [2.05, 4.69) is 4.72 Å². The first-order valence-electron chi connectivity index (χ1n) is 6.68. The summed E-state index contributed by atoms with van der Waals surface area (Å²) in [5.74, 6) is -1.22. The van der Waals surface area contributed by atoms with Crippen molar-refractivity contribution in [1.29, 1.82) is 0 Å². The minimum Gasteiger partial charge on any atom is -0.477 e. The number of aromatic carboxylic acids is 1. The summed E-state index contributed by atoms with van der Waals surface area (Å²) >= 11 is 13.6. The van der Waals surface area contributed by atoms with E-state index in [9.17, 15) is 18.3 Å². The van der Waals surface area contributed by atoms with Gasteiger partial charge in [0.2, 0.25) is 0 Å². The van der Waals surface area contributed by atoms with Crippen molar-refractivity contribution in [2.75, 3.05) is 4.72 Å². The number of hydrogen-bond acceptors (Lipinski definition) is 5. The molecule has 130 valence electrons. The second-order valence-electron chi connectivity index (χ2n) is 4.82. The van der Waals surface area contributed by atoms with Crippen LogP contribution in [0.5, 0.6) is 0 Å². The van der Waals surface area contributed by atoms with Gasteiger partial charge in [-0.25, -0.2) is 13.2 Å². The molecule has 0 spiro atoms. The fourth-order valence-electron chi connectivity index (χ4n) is 2.08. The van der Waals surface area contributed by atoms with Crippen LogP contribution in [-0.4, -0.2) is 19.5 Å². The lowest BCUT2D eigenvalue weighted by Crippen LogP contribution is -2.14. The summed E-state index contributed by atoms with van der Waals surface area (Å²) in [4.78, 5) is 11.8. The largest absolute Gasteiger partial charge is 0.477 e. The maximum Gasteiger partial charge on any atom is 0.348 e. The molecule has 2 N–H and O–H groups in total. The molecule has 0 bridgehead atoms. The number of hydrogen-bond donors (Lipinski definition) is 2. The molecule has 0 aliphatic rings. The van der Waals surface area contributed by atoms with E-state index in [4.69, 9.17) is 23.2 Å². The highest BCUT2D eigenvalue weighted by Gasteiger charge is 2.25. The molecule has 2 heterocycles. The monoisotopic (exact) mass is 433 g/mol. The van der Waals surface area contributed by atoms with Crippen LogP contribution in [0.1, 0.15) is 9.67 Å². The fourth-order valence-corrected chi connectivity index (χ4v) is 6.31. The van der Waals surface area contributed by atoms with E-state index >= 15 is 0 Å². The Morgan fingerprint density at radius 2 is 1.76 bits per heavy atom. The minimum atomic E-state index is -4.06. The zero-order valence-corrected chi connectivity index (χ0v) is 16.2. The van der Waals surface area contributed by atoms with Crippen LogP contribution in [0.3, 0.4) is 0 Å². The van der Waals surface area contributed by atoms with Crippen LogP contribution in [-0.2, 0) is 10.0 Å². The van der Waals surface area contributed by atoms with Gasteiger partial charge in [0.15, 0.2) is 0 Å². The minimum absolute atomic E-state index is 0.00730. The second-order valence-corrected chi connectivity index (χ2v) is 9.81. The molecule has 25 heavy (non-hydrogen) atoms. The summed E-state index contributed by atoms with van der Waals surface area (Å²) in [6, 6.07) is 11.8. The summed E-state index contributed by atoms with van der Waals surface area (Å²) in [6.07, 6.45) is 0. The van der Waals surface area contributed by atoms with Crippen LogP contribution in [0.25, 0.3) is 10.4 Å². The van der Waals surface area contributed by atoms with Crippen LogP contribution in [0, 0.1) is 0 Å². The number of nitrogens with one attached hydrogen (secondary N) is 1. The summed E-state index contributed by atoms with van der Waals surface area (Å²) in [5, 5.41) is 9.38. The molecular formula is C15H9Cl2NO4S3. The van der Waals surface area contributed by atoms with Crippen molar-refractivity contribution < 1.29 is 18.3 Å². The van der Waals surface area contributed by atoms with Crippen molar-refractivity contribution >= 4 is 67.6 Å². The number of carboxylic acid groups (broad SMARTS) is 1. The van der Waals surface area contributed by atoms with E-state index in [1.807, 2.05) is 30.3 Å². The highest BCUT2D eigenvalue weighted by atomic mass is 35.5. The van der Waals surface area contributed by atoms with Crippen molar-refractivity contribution in [2.45, 2.75) is 4.90 Å². The predicted octanol–water partition coefficient (Wildman–Crippen LogP) is 5.28. The average Bonchev–Trinajstić information content (AvgIpc) is 3.11. The number of thiophene rings is 2. The standard InChI is InChI=1S/C15H9Cl2NO4S3/c16-12-7-11(14(17)24-12)25(21,22)18-9-6-10(23-13(9)15(19)20)8-4-2-1-3-5-8/h1-7,18H,(H,19,20). The lowest BCUT2D eigenvalue weighted by atomic mass is 10.2. The first-order chi connectivity index (χ1) is 11.8. The third kappa shape index (κ3) is 3.83. The lowest BCUT2D eigenvalue weighted by molar-refractivity contribution is 0.0703. The normalized spacial score (nSPS) is 11.4. The highest BCUT2D eigenvalue weighted by Crippen LogP contribution is 2.38. The van der Waals surface area contributed by atoms with Gasteiger partial charge in [0.05, 0.1) is 10.0 Å². The number of carboxylic acids is 1. The van der Waals surface area contributed by atoms with Gasteiger partial charge in [-0.1, -0.05) is 53.5 Å².